The van der Waals surface area contributed by atoms with Crippen LogP contribution in [0.2, 0.25) is 5.02 Å². The Bertz CT molecular complexity index is 742. The molecule has 0 amide bonds. The lowest BCUT2D eigenvalue weighted by Gasteiger charge is -2.11. The number of hydrogen-bond acceptors (Lipinski definition) is 4. The molecule has 6 nitrogen and oxygen atoms in total. The van der Waals surface area contributed by atoms with E-state index in [2.05, 4.69) is 36.2 Å². The van der Waals surface area contributed by atoms with Crippen LogP contribution in [-0.2, 0) is 16.6 Å². The average Bonchev–Trinajstić information content (AvgIpc) is 2.83. The third kappa shape index (κ3) is 3.54. The molecule has 0 fully saturated rings. The molecule has 21 heavy (non-hydrogen) atoms. The molecule has 0 saturated heterocycles. The summed E-state index contributed by atoms with van der Waals surface area (Å²) in [5, 5.41) is 8.85. The zero-order chi connectivity index (χ0) is 15.6. The maximum absolute atomic E-state index is 13.2. The number of sulfonamides is 1. The number of rotatable bonds is 5. The molecule has 0 aliphatic rings. The van der Waals surface area contributed by atoms with E-state index in [1.54, 1.807) is 7.05 Å². The molecule has 0 saturated carbocycles. The molecule has 1 aromatic carbocycles. The van der Waals surface area contributed by atoms with Crippen molar-refractivity contribution in [2.75, 3.05) is 11.8 Å². The molecule has 0 spiro atoms. The highest BCUT2D eigenvalue weighted by Crippen LogP contribution is 2.33. The number of anilines is 1. The molecule has 3 N–H and O–H groups in total. The Morgan fingerprint density at radius 1 is 1.48 bits per heavy atom. The summed E-state index contributed by atoms with van der Waals surface area (Å²) in [6.07, 6.45) is 1.41. The van der Waals surface area contributed by atoms with Crippen molar-refractivity contribution < 1.29 is 12.8 Å². The molecule has 2 aromatic rings. The van der Waals surface area contributed by atoms with Crippen molar-refractivity contribution in [3.8, 4) is 0 Å². The summed E-state index contributed by atoms with van der Waals surface area (Å²) in [6, 6.07) is 2.14. The van der Waals surface area contributed by atoms with Gasteiger partial charge in [0.15, 0.2) is 5.03 Å². The van der Waals surface area contributed by atoms with Crippen LogP contribution in [-0.4, -0.2) is 25.7 Å². The summed E-state index contributed by atoms with van der Waals surface area (Å²) in [4.78, 5) is 0. The van der Waals surface area contributed by atoms with Crippen LogP contribution in [0.3, 0.4) is 0 Å². The Morgan fingerprint density at radius 2 is 2.19 bits per heavy atom. The zero-order valence-corrected chi connectivity index (χ0v) is 13.9. The summed E-state index contributed by atoms with van der Waals surface area (Å²) >= 11 is 8.94. The maximum Gasteiger partial charge on any atom is 0.279 e. The molecular formula is C11H11BrClFN4O2S. The topological polar surface area (TPSA) is 86.9 Å². The van der Waals surface area contributed by atoms with E-state index in [0.29, 0.717) is 12.1 Å². The van der Waals surface area contributed by atoms with E-state index in [0.717, 1.165) is 12.1 Å². The normalized spacial score (nSPS) is 11.6. The molecule has 1 aromatic heterocycles. The first-order chi connectivity index (χ1) is 9.85. The highest BCUT2D eigenvalue weighted by molar-refractivity contribution is 9.10. The van der Waals surface area contributed by atoms with Crippen molar-refractivity contribution in [2.45, 2.75) is 11.6 Å². The average molecular weight is 398 g/mol. The first-order valence-electron chi connectivity index (χ1n) is 5.69. The van der Waals surface area contributed by atoms with E-state index in [-0.39, 0.29) is 20.2 Å². The first kappa shape index (κ1) is 16.2. The molecule has 114 valence electrons. The number of nitrogens with zero attached hydrogens (tertiary/aromatic N) is 1. The Morgan fingerprint density at radius 3 is 2.81 bits per heavy atom. The van der Waals surface area contributed by atoms with E-state index in [4.69, 9.17) is 11.6 Å². The fourth-order valence-corrected chi connectivity index (χ4v) is 3.99. The van der Waals surface area contributed by atoms with Crippen molar-refractivity contribution in [3.63, 3.8) is 0 Å². The van der Waals surface area contributed by atoms with Gasteiger partial charge in [-0.1, -0.05) is 11.6 Å². The number of benzene rings is 1. The number of aromatic nitrogens is 2. The molecule has 10 heteroatoms. The summed E-state index contributed by atoms with van der Waals surface area (Å²) in [6.45, 7) is 0.324. The smallest absolute Gasteiger partial charge is 0.279 e. The maximum atomic E-state index is 13.2. The third-order valence-electron chi connectivity index (χ3n) is 2.56. The van der Waals surface area contributed by atoms with Crippen LogP contribution >= 0.6 is 27.5 Å². The fraction of sp³-hybridized carbons (Fsp3) is 0.182. The molecular weight excluding hydrogens is 387 g/mol. The number of aromatic amines is 1. The van der Waals surface area contributed by atoms with E-state index in [9.17, 15) is 12.8 Å². The van der Waals surface area contributed by atoms with Crippen molar-refractivity contribution in [1.82, 2.24) is 15.5 Å². The van der Waals surface area contributed by atoms with Gasteiger partial charge in [0.2, 0.25) is 0 Å². The third-order valence-corrected chi connectivity index (χ3v) is 4.84. The molecule has 0 unspecified atom stereocenters. The van der Waals surface area contributed by atoms with Crippen LogP contribution in [0.5, 0.6) is 0 Å². The summed E-state index contributed by atoms with van der Waals surface area (Å²) in [5.41, 5.74) is 0.530. The highest BCUT2D eigenvalue weighted by atomic mass is 79.9. The van der Waals surface area contributed by atoms with Gasteiger partial charge in [-0.3, -0.25) is 9.82 Å². The number of hydrogen-bond donors (Lipinski definition) is 3. The van der Waals surface area contributed by atoms with Gasteiger partial charge in [-0.05, 0) is 35.1 Å². The molecule has 0 aliphatic carbocycles. The predicted octanol–water partition coefficient (Wildman–Crippen LogP) is 2.48. The van der Waals surface area contributed by atoms with Gasteiger partial charge in [-0.2, -0.15) is 13.5 Å². The predicted molar refractivity (Wildman–Crippen MR) is 81.3 cm³/mol. The minimum absolute atomic E-state index is 0.0554. The summed E-state index contributed by atoms with van der Waals surface area (Å²) in [7, 11) is -2.24. The van der Waals surface area contributed by atoms with Crippen LogP contribution in [0.25, 0.3) is 0 Å². The van der Waals surface area contributed by atoms with Gasteiger partial charge >= 0.3 is 0 Å². The second-order valence-corrected chi connectivity index (χ2v) is 6.99. The van der Waals surface area contributed by atoms with E-state index in [1.165, 1.54) is 6.20 Å². The summed E-state index contributed by atoms with van der Waals surface area (Å²) in [5.74, 6) is -0.577. The minimum atomic E-state index is -3.93. The minimum Gasteiger partial charge on any atom is -0.316 e. The van der Waals surface area contributed by atoms with Crippen LogP contribution in [0.15, 0.2) is 27.8 Å². The number of H-pyrrole nitrogens is 1. The standard InChI is InChI=1S/C11H11BrClFN4O2S/c1-15-4-6-5-16-17-11(6)21(19,20)18-10-8(12)2-7(14)3-9(10)13/h2-3,5,15,18H,4H2,1H3,(H,16,17). The van der Waals surface area contributed by atoms with Crippen molar-refractivity contribution in [2.24, 2.45) is 0 Å². The van der Waals surface area contributed by atoms with Gasteiger partial charge in [0.25, 0.3) is 10.0 Å². The van der Waals surface area contributed by atoms with Crippen LogP contribution in [0.1, 0.15) is 5.56 Å². The van der Waals surface area contributed by atoms with Gasteiger partial charge < -0.3 is 5.32 Å². The van der Waals surface area contributed by atoms with E-state index < -0.39 is 15.8 Å². The van der Waals surface area contributed by atoms with Gasteiger partial charge in [-0.15, -0.1) is 0 Å². The van der Waals surface area contributed by atoms with Crippen molar-refractivity contribution in [3.05, 3.63) is 39.2 Å². The lowest BCUT2D eigenvalue weighted by atomic mass is 10.3. The zero-order valence-electron chi connectivity index (χ0n) is 10.7. The Balaban J connectivity index is 2.40. The second-order valence-electron chi connectivity index (χ2n) is 4.10. The van der Waals surface area contributed by atoms with Crippen LogP contribution in [0, 0.1) is 5.82 Å². The van der Waals surface area contributed by atoms with E-state index >= 15 is 0 Å². The monoisotopic (exact) mass is 396 g/mol. The Labute approximate surface area is 134 Å². The largest absolute Gasteiger partial charge is 0.316 e. The van der Waals surface area contributed by atoms with Gasteiger partial charge in [0.1, 0.15) is 5.82 Å². The lowest BCUT2D eigenvalue weighted by molar-refractivity contribution is 0.594. The fourth-order valence-electron chi connectivity index (χ4n) is 1.67. The Hall–Kier alpha value is -1.16. The second kappa shape index (κ2) is 6.30. The Kier molecular flexibility index (Phi) is 4.87. The molecule has 0 atom stereocenters. The van der Waals surface area contributed by atoms with Gasteiger partial charge in [-0.25, -0.2) is 4.39 Å². The summed E-state index contributed by atoms with van der Waals surface area (Å²) < 4.78 is 40.4. The number of halogens is 3. The molecule has 2 rings (SSSR count). The number of nitrogens with one attached hydrogen (secondary N) is 3. The van der Waals surface area contributed by atoms with Gasteiger partial charge in [0.05, 0.1) is 16.9 Å². The molecule has 0 bridgehead atoms. The van der Waals surface area contributed by atoms with Crippen molar-refractivity contribution >= 4 is 43.2 Å². The lowest BCUT2D eigenvalue weighted by Crippen LogP contribution is -2.17. The van der Waals surface area contributed by atoms with Crippen LogP contribution in [0.4, 0.5) is 10.1 Å². The van der Waals surface area contributed by atoms with E-state index in [1.807, 2.05) is 0 Å². The first-order valence-corrected chi connectivity index (χ1v) is 8.34. The van der Waals surface area contributed by atoms with Gasteiger partial charge in [0, 0.05) is 16.6 Å². The van der Waals surface area contributed by atoms with Crippen LogP contribution < -0.4 is 10.0 Å². The quantitative estimate of drug-likeness (QED) is 0.723. The van der Waals surface area contributed by atoms with Crippen molar-refractivity contribution in [1.29, 1.82) is 0 Å². The molecule has 0 aliphatic heterocycles. The SMILES string of the molecule is CNCc1cn[nH]c1S(=O)(=O)Nc1c(Cl)cc(F)cc1Br. The molecule has 1 heterocycles. The molecule has 0 radical (unpaired) electrons. The highest BCUT2D eigenvalue weighted by Gasteiger charge is 2.23.